The van der Waals surface area contributed by atoms with E-state index in [0.29, 0.717) is 0 Å². The molecule has 0 unspecified atom stereocenters. The third-order valence-electron chi connectivity index (χ3n) is 0.859. The first-order valence-corrected chi connectivity index (χ1v) is 2.37. The summed E-state index contributed by atoms with van der Waals surface area (Å²) in [5.74, 6) is -0.451. The van der Waals surface area contributed by atoms with Crippen LogP contribution in [0.4, 0.5) is 0 Å². The molecule has 1 rings (SSSR count). The van der Waals surface area contributed by atoms with E-state index in [2.05, 4.69) is 15.3 Å². The first-order chi connectivity index (χ1) is 4.34. The summed E-state index contributed by atoms with van der Waals surface area (Å²) in [5, 5.41) is 3.44. The van der Waals surface area contributed by atoms with E-state index in [1.807, 2.05) is 0 Å². The molecule has 4 heteroatoms. The SMILES string of the molecule is COC(=O)C1=CC=N[N]1. The smallest absolute Gasteiger partial charge is 0.358 e. The van der Waals surface area contributed by atoms with Crippen LogP contribution in [-0.2, 0) is 9.53 Å². The van der Waals surface area contributed by atoms with Gasteiger partial charge in [0.1, 0.15) is 0 Å². The van der Waals surface area contributed by atoms with E-state index in [4.69, 9.17) is 0 Å². The molecule has 0 bridgehead atoms. The molecule has 0 N–H and O–H groups in total. The molecule has 0 aromatic rings. The van der Waals surface area contributed by atoms with Gasteiger partial charge in [0, 0.05) is 0 Å². The van der Waals surface area contributed by atoms with Gasteiger partial charge >= 0.3 is 5.97 Å². The molecule has 0 saturated heterocycles. The van der Waals surface area contributed by atoms with Gasteiger partial charge in [0.2, 0.25) is 0 Å². The van der Waals surface area contributed by atoms with Crippen molar-refractivity contribution < 1.29 is 9.53 Å². The van der Waals surface area contributed by atoms with Crippen molar-refractivity contribution >= 4 is 12.2 Å². The van der Waals surface area contributed by atoms with E-state index in [1.54, 1.807) is 0 Å². The normalized spacial score (nSPS) is 14.6. The van der Waals surface area contributed by atoms with Crippen molar-refractivity contribution in [1.29, 1.82) is 0 Å². The molecular formula is C5H5N2O2. The zero-order valence-electron chi connectivity index (χ0n) is 4.87. The highest BCUT2D eigenvalue weighted by Crippen LogP contribution is 1.97. The Morgan fingerprint density at radius 3 is 3.00 bits per heavy atom. The van der Waals surface area contributed by atoms with Crippen molar-refractivity contribution in [3.63, 3.8) is 0 Å². The molecular weight excluding hydrogens is 120 g/mol. The Bertz CT molecular complexity index is 183. The number of hydrogen-bond acceptors (Lipinski definition) is 3. The van der Waals surface area contributed by atoms with Gasteiger partial charge in [0.15, 0.2) is 5.70 Å². The van der Waals surface area contributed by atoms with Crippen molar-refractivity contribution in [2.24, 2.45) is 5.10 Å². The molecule has 0 aromatic heterocycles. The first-order valence-electron chi connectivity index (χ1n) is 2.37. The molecule has 0 atom stereocenters. The van der Waals surface area contributed by atoms with Crippen molar-refractivity contribution in [3.05, 3.63) is 11.8 Å². The molecule has 47 valence electrons. The lowest BCUT2D eigenvalue weighted by Crippen LogP contribution is -2.08. The Morgan fingerprint density at radius 2 is 2.56 bits per heavy atom. The van der Waals surface area contributed by atoms with Crippen LogP contribution in [-0.4, -0.2) is 19.3 Å². The fraction of sp³-hybridized carbons (Fsp3) is 0.200. The number of ether oxygens (including phenoxy) is 1. The zero-order chi connectivity index (χ0) is 6.69. The minimum absolute atomic E-state index is 0.248. The summed E-state index contributed by atoms with van der Waals surface area (Å²) in [5.41, 5.74) is 3.71. The van der Waals surface area contributed by atoms with Gasteiger partial charge in [-0.25, -0.2) is 4.79 Å². The maximum atomic E-state index is 10.5. The summed E-state index contributed by atoms with van der Waals surface area (Å²) in [4.78, 5) is 10.5. The highest BCUT2D eigenvalue weighted by molar-refractivity contribution is 5.94. The van der Waals surface area contributed by atoms with E-state index in [-0.39, 0.29) is 5.70 Å². The monoisotopic (exact) mass is 125 g/mol. The van der Waals surface area contributed by atoms with Gasteiger partial charge in [-0.05, 0) is 6.08 Å². The number of carbonyl (C=O) groups excluding carboxylic acids is 1. The van der Waals surface area contributed by atoms with Crippen molar-refractivity contribution in [2.45, 2.75) is 0 Å². The average Bonchev–Trinajstić information content (AvgIpc) is 2.37. The standard InChI is InChI=1S/C5H5N2O2/c1-9-5(8)4-2-3-6-7-4/h2-3H,1H3. The Hall–Kier alpha value is -1.32. The van der Waals surface area contributed by atoms with Crippen LogP contribution in [0.1, 0.15) is 0 Å². The molecule has 1 aliphatic heterocycles. The molecule has 0 fully saturated rings. The second-order valence-corrected chi connectivity index (χ2v) is 1.41. The quantitative estimate of drug-likeness (QED) is 0.449. The van der Waals surface area contributed by atoms with Crippen molar-refractivity contribution in [1.82, 2.24) is 5.43 Å². The van der Waals surface area contributed by atoms with Crippen LogP contribution in [0.2, 0.25) is 0 Å². The molecule has 1 aliphatic rings. The van der Waals surface area contributed by atoms with Gasteiger partial charge in [0.05, 0.1) is 13.3 Å². The number of methoxy groups -OCH3 is 1. The van der Waals surface area contributed by atoms with Crippen LogP contribution in [0, 0.1) is 0 Å². The minimum atomic E-state index is -0.451. The summed E-state index contributed by atoms with van der Waals surface area (Å²) < 4.78 is 4.35. The van der Waals surface area contributed by atoms with E-state index in [9.17, 15) is 4.79 Å². The summed E-state index contributed by atoms with van der Waals surface area (Å²) >= 11 is 0. The van der Waals surface area contributed by atoms with Gasteiger partial charge in [-0.1, -0.05) is 0 Å². The molecule has 1 heterocycles. The van der Waals surface area contributed by atoms with Crippen LogP contribution in [0.15, 0.2) is 16.9 Å². The summed E-state index contributed by atoms with van der Waals surface area (Å²) in [6.07, 6.45) is 2.93. The Labute approximate surface area is 52.2 Å². The maximum Gasteiger partial charge on any atom is 0.358 e. The predicted molar refractivity (Wildman–Crippen MR) is 30.7 cm³/mol. The van der Waals surface area contributed by atoms with Gasteiger partial charge in [-0.15, -0.1) is 5.43 Å². The predicted octanol–water partition coefficient (Wildman–Crippen LogP) is -0.353. The first kappa shape index (κ1) is 5.81. The molecule has 4 nitrogen and oxygen atoms in total. The lowest BCUT2D eigenvalue weighted by atomic mass is 10.4. The topological polar surface area (TPSA) is 52.8 Å². The van der Waals surface area contributed by atoms with E-state index in [1.165, 1.54) is 19.4 Å². The van der Waals surface area contributed by atoms with Crippen LogP contribution < -0.4 is 5.43 Å². The number of allylic oxidation sites excluding steroid dienone is 1. The van der Waals surface area contributed by atoms with E-state index in [0.717, 1.165) is 0 Å². The van der Waals surface area contributed by atoms with Crippen LogP contribution >= 0.6 is 0 Å². The Morgan fingerprint density at radius 1 is 1.78 bits per heavy atom. The van der Waals surface area contributed by atoms with Gasteiger partial charge in [-0.3, -0.25) is 0 Å². The minimum Gasteiger partial charge on any atom is -0.464 e. The highest BCUT2D eigenvalue weighted by Gasteiger charge is 2.11. The second kappa shape index (κ2) is 2.30. The largest absolute Gasteiger partial charge is 0.464 e. The molecule has 0 saturated carbocycles. The fourth-order valence-electron chi connectivity index (χ4n) is 0.446. The fourth-order valence-corrected chi connectivity index (χ4v) is 0.446. The lowest BCUT2D eigenvalue weighted by Gasteiger charge is -1.93. The molecule has 1 radical (unpaired) electrons. The number of hydrogen-bond donors (Lipinski definition) is 0. The van der Waals surface area contributed by atoms with Crippen molar-refractivity contribution in [3.8, 4) is 0 Å². The summed E-state index contributed by atoms with van der Waals surface area (Å²) in [6.45, 7) is 0. The third kappa shape index (κ3) is 1.07. The molecule has 9 heavy (non-hydrogen) atoms. The maximum absolute atomic E-state index is 10.5. The molecule has 0 spiro atoms. The Balaban J connectivity index is 2.55. The van der Waals surface area contributed by atoms with Gasteiger partial charge in [-0.2, -0.15) is 5.10 Å². The third-order valence-corrected chi connectivity index (χ3v) is 0.859. The van der Waals surface area contributed by atoms with Crippen molar-refractivity contribution in [2.75, 3.05) is 7.11 Å². The average molecular weight is 125 g/mol. The summed E-state index contributed by atoms with van der Waals surface area (Å²) in [6, 6.07) is 0. The zero-order valence-corrected chi connectivity index (χ0v) is 4.87. The van der Waals surface area contributed by atoms with Crippen LogP contribution in [0.3, 0.4) is 0 Å². The molecule has 0 amide bonds. The number of rotatable bonds is 1. The van der Waals surface area contributed by atoms with E-state index >= 15 is 0 Å². The highest BCUT2D eigenvalue weighted by atomic mass is 16.5. The molecule has 0 aromatic carbocycles. The number of nitrogens with zero attached hydrogens (tertiary/aromatic N) is 2. The summed E-state index contributed by atoms with van der Waals surface area (Å²) in [7, 11) is 1.30. The van der Waals surface area contributed by atoms with Gasteiger partial charge in [0.25, 0.3) is 0 Å². The van der Waals surface area contributed by atoms with Crippen LogP contribution in [0.5, 0.6) is 0 Å². The van der Waals surface area contributed by atoms with Crippen LogP contribution in [0.25, 0.3) is 0 Å². The number of carbonyl (C=O) groups is 1. The number of esters is 1. The lowest BCUT2D eigenvalue weighted by molar-refractivity contribution is -0.136. The van der Waals surface area contributed by atoms with Gasteiger partial charge < -0.3 is 4.74 Å². The van der Waals surface area contributed by atoms with E-state index < -0.39 is 5.97 Å². The molecule has 0 aliphatic carbocycles. The Kier molecular flexibility index (Phi) is 1.48. The second-order valence-electron chi connectivity index (χ2n) is 1.41.